The molecule has 2 heterocycles. The predicted molar refractivity (Wildman–Crippen MR) is 109 cm³/mol. The van der Waals surface area contributed by atoms with Crippen LogP contribution in [0.5, 0.6) is 0 Å². The molecule has 0 aliphatic carbocycles. The van der Waals surface area contributed by atoms with Crippen LogP contribution in [-0.4, -0.2) is 21.6 Å². The first-order chi connectivity index (χ1) is 12.8. The third kappa shape index (κ3) is 3.81. The topological polar surface area (TPSA) is 61.2 Å². The van der Waals surface area contributed by atoms with Crippen molar-refractivity contribution in [3.8, 4) is 11.1 Å². The van der Waals surface area contributed by atoms with Gasteiger partial charge in [-0.15, -0.1) is 11.3 Å². The maximum Gasteiger partial charge on any atom is 0.329 e. The molecule has 2 aromatic heterocycles. The molecule has 0 radical (unpaired) electrons. The van der Waals surface area contributed by atoms with Crippen molar-refractivity contribution in [3.63, 3.8) is 0 Å². The second-order valence-corrected chi connectivity index (χ2v) is 8.08. The van der Waals surface area contributed by atoms with Crippen molar-refractivity contribution in [2.75, 3.05) is 0 Å². The van der Waals surface area contributed by atoms with Gasteiger partial charge in [0.15, 0.2) is 0 Å². The van der Waals surface area contributed by atoms with E-state index in [-0.39, 0.29) is 11.7 Å². The fourth-order valence-electron chi connectivity index (χ4n) is 2.93. The Morgan fingerprint density at radius 3 is 2.37 bits per heavy atom. The van der Waals surface area contributed by atoms with Crippen molar-refractivity contribution < 1.29 is 9.53 Å². The Bertz CT molecular complexity index is 1020. The molecule has 3 rings (SSSR count). The van der Waals surface area contributed by atoms with E-state index in [1.54, 1.807) is 20.8 Å². The molecule has 1 aromatic carbocycles. The number of hydrogen-bond donors (Lipinski definition) is 0. The zero-order chi connectivity index (χ0) is 19.7. The highest BCUT2D eigenvalue weighted by atomic mass is 32.1. The van der Waals surface area contributed by atoms with Gasteiger partial charge >= 0.3 is 5.97 Å². The molecule has 0 saturated heterocycles. The number of ether oxygens (including phenoxy) is 1. The molecular formula is C21H24N2O3S. The highest BCUT2D eigenvalue weighted by molar-refractivity contribution is 7.17. The largest absolute Gasteiger partial charge is 0.461 e. The van der Waals surface area contributed by atoms with E-state index in [0.29, 0.717) is 16.1 Å². The Morgan fingerprint density at radius 1 is 1.11 bits per heavy atom. The standard InChI is InChI=1S/C21H24N2O3S/c1-12(2)15-6-8-16(9-7-15)17-10-27-19-18(17)20(24)23(11-22-19)14(5)21(25)26-13(3)4/h6-14H,1-5H3/t14-/m1/s1. The first-order valence-electron chi connectivity index (χ1n) is 9.08. The Hall–Kier alpha value is -2.47. The summed E-state index contributed by atoms with van der Waals surface area (Å²) in [5.74, 6) is 0.0105. The predicted octanol–water partition coefficient (Wildman–Crippen LogP) is 4.76. The number of esters is 1. The molecule has 0 saturated carbocycles. The van der Waals surface area contributed by atoms with Crippen LogP contribution in [0.3, 0.4) is 0 Å². The first kappa shape index (κ1) is 19.3. The van der Waals surface area contributed by atoms with Crippen molar-refractivity contribution in [1.82, 2.24) is 9.55 Å². The number of carbonyl (C=O) groups excluding carboxylic acids is 1. The lowest BCUT2D eigenvalue weighted by Gasteiger charge is -2.16. The lowest BCUT2D eigenvalue weighted by Crippen LogP contribution is -2.30. The van der Waals surface area contributed by atoms with Gasteiger partial charge in [0.25, 0.3) is 5.56 Å². The monoisotopic (exact) mass is 384 g/mol. The molecule has 27 heavy (non-hydrogen) atoms. The molecule has 0 aliphatic rings. The number of aromatic nitrogens is 2. The van der Waals surface area contributed by atoms with Gasteiger partial charge in [-0.2, -0.15) is 0 Å². The molecule has 6 heteroatoms. The van der Waals surface area contributed by atoms with E-state index >= 15 is 0 Å². The average molecular weight is 385 g/mol. The Kier molecular flexibility index (Phi) is 5.46. The molecule has 142 valence electrons. The number of carbonyl (C=O) groups is 1. The summed E-state index contributed by atoms with van der Waals surface area (Å²) >= 11 is 1.43. The number of rotatable bonds is 5. The molecular weight excluding hydrogens is 360 g/mol. The number of hydrogen-bond acceptors (Lipinski definition) is 5. The minimum Gasteiger partial charge on any atom is -0.461 e. The fourth-order valence-corrected chi connectivity index (χ4v) is 3.83. The van der Waals surface area contributed by atoms with Crippen LogP contribution < -0.4 is 5.56 Å². The summed E-state index contributed by atoms with van der Waals surface area (Å²) in [7, 11) is 0. The minimum absolute atomic E-state index is 0.225. The molecule has 3 aromatic rings. The SMILES string of the molecule is CC(C)OC(=O)[C@@H](C)n1cnc2scc(-c3ccc(C(C)C)cc3)c2c1=O. The lowest BCUT2D eigenvalue weighted by molar-refractivity contribution is -0.151. The van der Waals surface area contributed by atoms with Crippen LogP contribution in [0.4, 0.5) is 0 Å². The highest BCUT2D eigenvalue weighted by Crippen LogP contribution is 2.31. The minimum atomic E-state index is -0.729. The molecule has 5 nitrogen and oxygen atoms in total. The quantitative estimate of drug-likeness (QED) is 0.595. The van der Waals surface area contributed by atoms with Crippen molar-refractivity contribution in [3.05, 3.63) is 51.9 Å². The average Bonchev–Trinajstić information content (AvgIpc) is 3.06. The third-order valence-corrected chi connectivity index (χ3v) is 5.40. The summed E-state index contributed by atoms with van der Waals surface area (Å²) in [4.78, 5) is 30.4. The Morgan fingerprint density at radius 2 is 1.78 bits per heavy atom. The number of benzene rings is 1. The van der Waals surface area contributed by atoms with E-state index in [1.807, 2.05) is 17.5 Å². The number of nitrogens with zero attached hydrogens (tertiary/aromatic N) is 2. The summed E-state index contributed by atoms with van der Waals surface area (Å²) in [6.45, 7) is 9.52. The summed E-state index contributed by atoms with van der Waals surface area (Å²) < 4.78 is 6.59. The van der Waals surface area contributed by atoms with Crippen LogP contribution in [0.2, 0.25) is 0 Å². The fraction of sp³-hybridized carbons (Fsp3) is 0.381. The van der Waals surface area contributed by atoms with Gasteiger partial charge in [-0.1, -0.05) is 38.1 Å². The van der Waals surface area contributed by atoms with Gasteiger partial charge in [0.1, 0.15) is 10.9 Å². The van der Waals surface area contributed by atoms with Gasteiger partial charge in [0.2, 0.25) is 0 Å². The molecule has 0 amide bonds. The molecule has 0 spiro atoms. The Labute approximate surface area is 162 Å². The molecule has 1 atom stereocenters. The van der Waals surface area contributed by atoms with Gasteiger partial charge < -0.3 is 4.74 Å². The van der Waals surface area contributed by atoms with Crippen LogP contribution in [0, 0.1) is 0 Å². The van der Waals surface area contributed by atoms with Crippen molar-refractivity contribution >= 4 is 27.5 Å². The van der Waals surface area contributed by atoms with E-state index in [0.717, 1.165) is 11.1 Å². The molecule has 0 fully saturated rings. The van der Waals surface area contributed by atoms with Gasteiger partial charge in [-0.05, 0) is 37.8 Å². The molecule has 0 aliphatic heterocycles. The van der Waals surface area contributed by atoms with Crippen molar-refractivity contribution in [1.29, 1.82) is 0 Å². The second-order valence-electron chi connectivity index (χ2n) is 7.22. The molecule has 0 N–H and O–H groups in total. The maximum absolute atomic E-state index is 13.1. The summed E-state index contributed by atoms with van der Waals surface area (Å²) in [6.07, 6.45) is 1.20. The van der Waals surface area contributed by atoms with Gasteiger partial charge in [0.05, 0.1) is 17.8 Å². The number of fused-ring (bicyclic) bond motifs is 1. The first-order valence-corrected chi connectivity index (χ1v) is 9.96. The van der Waals surface area contributed by atoms with Crippen LogP contribution >= 0.6 is 11.3 Å². The summed E-state index contributed by atoms with van der Waals surface area (Å²) in [6, 6.07) is 7.50. The van der Waals surface area contributed by atoms with Gasteiger partial charge in [-0.25, -0.2) is 9.78 Å². The van der Waals surface area contributed by atoms with Crippen molar-refractivity contribution in [2.24, 2.45) is 0 Å². The Balaban J connectivity index is 2.07. The zero-order valence-electron chi connectivity index (χ0n) is 16.2. The van der Waals surface area contributed by atoms with E-state index in [9.17, 15) is 9.59 Å². The van der Waals surface area contributed by atoms with Crippen LogP contribution in [-0.2, 0) is 9.53 Å². The van der Waals surface area contributed by atoms with Gasteiger partial charge in [-0.3, -0.25) is 9.36 Å². The van der Waals surface area contributed by atoms with E-state index in [2.05, 4.69) is 31.0 Å². The summed E-state index contributed by atoms with van der Waals surface area (Å²) in [5.41, 5.74) is 2.84. The van der Waals surface area contributed by atoms with Crippen LogP contribution in [0.25, 0.3) is 21.3 Å². The normalized spacial score (nSPS) is 12.7. The smallest absolute Gasteiger partial charge is 0.329 e. The third-order valence-electron chi connectivity index (χ3n) is 4.52. The van der Waals surface area contributed by atoms with E-state index in [1.165, 1.54) is 27.8 Å². The zero-order valence-corrected chi connectivity index (χ0v) is 17.0. The number of thiophene rings is 1. The lowest BCUT2D eigenvalue weighted by atomic mass is 9.99. The summed E-state index contributed by atoms with van der Waals surface area (Å²) in [5, 5.41) is 2.49. The van der Waals surface area contributed by atoms with Gasteiger partial charge in [0, 0.05) is 10.9 Å². The highest BCUT2D eigenvalue weighted by Gasteiger charge is 2.22. The van der Waals surface area contributed by atoms with Crippen molar-refractivity contribution in [2.45, 2.75) is 52.7 Å². The maximum atomic E-state index is 13.1. The second kappa shape index (κ2) is 7.64. The molecule has 0 bridgehead atoms. The van der Waals surface area contributed by atoms with E-state index in [4.69, 9.17) is 4.74 Å². The van der Waals surface area contributed by atoms with Crippen LogP contribution in [0.15, 0.2) is 40.8 Å². The molecule has 0 unspecified atom stereocenters. The van der Waals surface area contributed by atoms with Crippen LogP contribution in [0.1, 0.15) is 52.1 Å². The van der Waals surface area contributed by atoms with E-state index < -0.39 is 12.0 Å².